The van der Waals surface area contributed by atoms with E-state index in [1.165, 1.54) is 6.07 Å². The van der Waals surface area contributed by atoms with Crippen molar-refractivity contribution >= 4 is 5.97 Å². The van der Waals surface area contributed by atoms with E-state index in [0.717, 1.165) is 12.1 Å². The summed E-state index contributed by atoms with van der Waals surface area (Å²) in [6, 6.07) is 3.54. The number of aryl methyl sites for hydroxylation is 1. The van der Waals surface area contributed by atoms with E-state index in [-0.39, 0.29) is 36.6 Å². The van der Waals surface area contributed by atoms with Gasteiger partial charge in [0.05, 0.1) is 12.8 Å². The summed E-state index contributed by atoms with van der Waals surface area (Å²) in [5.74, 6) is -2.19. The van der Waals surface area contributed by atoms with Crippen LogP contribution in [-0.2, 0) is 17.6 Å². The zero-order valence-corrected chi connectivity index (χ0v) is 9.77. The number of aromatic nitrogens is 2. The average molecular weight is 268 g/mol. The quantitative estimate of drug-likeness (QED) is 0.897. The second-order valence-corrected chi connectivity index (χ2v) is 3.86. The second-order valence-electron chi connectivity index (χ2n) is 3.86. The Morgan fingerprint density at radius 3 is 2.47 bits per heavy atom. The van der Waals surface area contributed by atoms with Crippen molar-refractivity contribution in [3.8, 4) is 0 Å². The highest BCUT2D eigenvalue weighted by atomic mass is 19.1. The Morgan fingerprint density at radius 2 is 1.84 bits per heavy atom. The van der Waals surface area contributed by atoms with Crippen LogP contribution in [0, 0.1) is 11.6 Å². The summed E-state index contributed by atoms with van der Waals surface area (Å²) < 4.78 is 31.9. The Labute approximate surface area is 106 Å². The third kappa shape index (κ3) is 3.34. The van der Waals surface area contributed by atoms with Gasteiger partial charge in [0.2, 0.25) is 11.8 Å². The molecule has 0 aliphatic carbocycles. The molecule has 5 nitrogen and oxygen atoms in total. The van der Waals surface area contributed by atoms with Crippen molar-refractivity contribution in [3.05, 3.63) is 47.2 Å². The third-order valence-electron chi connectivity index (χ3n) is 2.45. The van der Waals surface area contributed by atoms with Crippen LogP contribution in [0.3, 0.4) is 0 Å². The van der Waals surface area contributed by atoms with Gasteiger partial charge in [0.15, 0.2) is 0 Å². The average Bonchev–Trinajstić information content (AvgIpc) is 2.79. The highest BCUT2D eigenvalue weighted by Gasteiger charge is 2.14. The number of rotatable bonds is 5. The summed E-state index contributed by atoms with van der Waals surface area (Å²) in [6.45, 7) is 0. The van der Waals surface area contributed by atoms with Crippen molar-refractivity contribution in [2.75, 3.05) is 0 Å². The molecule has 1 heterocycles. The number of nitrogens with zero attached hydrogens (tertiary/aromatic N) is 2. The molecule has 0 saturated heterocycles. The number of carbonyl (C=O) groups is 1. The van der Waals surface area contributed by atoms with Crippen molar-refractivity contribution < 1.29 is 23.1 Å². The molecule has 1 aromatic heterocycles. The summed E-state index contributed by atoms with van der Waals surface area (Å²) in [5, 5.41) is 15.7. The number of benzene rings is 1. The van der Waals surface area contributed by atoms with Gasteiger partial charge in [-0.25, -0.2) is 8.78 Å². The minimum atomic E-state index is -0.986. The van der Waals surface area contributed by atoms with Crippen LogP contribution in [-0.4, -0.2) is 21.3 Å². The van der Waals surface area contributed by atoms with Gasteiger partial charge in [0.25, 0.3) is 0 Å². The predicted molar refractivity (Wildman–Crippen MR) is 59.4 cm³/mol. The van der Waals surface area contributed by atoms with Gasteiger partial charge in [-0.15, -0.1) is 10.2 Å². The number of halogens is 2. The molecule has 0 spiro atoms. The lowest BCUT2D eigenvalue weighted by molar-refractivity contribution is -0.137. The maximum absolute atomic E-state index is 13.4. The van der Waals surface area contributed by atoms with Crippen molar-refractivity contribution in [3.63, 3.8) is 0 Å². The fourth-order valence-electron chi connectivity index (χ4n) is 1.53. The standard InChI is InChI=1S/C12H10F2N2O3/c13-8-2-1-3-9(14)7(8)6-11-16-15-10(19-11)4-5-12(17)18/h1-3H,4-6H2,(H,17,18). The number of aliphatic carboxylic acids is 1. The summed E-state index contributed by atoms with van der Waals surface area (Å²) in [4.78, 5) is 10.4. The largest absolute Gasteiger partial charge is 0.481 e. The molecule has 1 aromatic carbocycles. The van der Waals surface area contributed by atoms with Crippen LogP contribution >= 0.6 is 0 Å². The molecule has 0 amide bonds. The maximum atomic E-state index is 13.4. The van der Waals surface area contributed by atoms with E-state index in [1.807, 2.05) is 0 Å². The van der Waals surface area contributed by atoms with Crippen LogP contribution < -0.4 is 0 Å². The molecule has 2 aromatic rings. The highest BCUT2D eigenvalue weighted by Crippen LogP contribution is 2.16. The number of hydrogen-bond acceptors (Lipinski definition) is 4. The lowest BCUT2D eigenvalue weighted by atomic mass is 10.1. The number of hydrogen-bond donors (Lipinski definition) is 1. The van der Waals surface area contributed by atoms with Crippen LogP contribution in [0.15, 0.2) is 22.6 Å². The summed E-state index contributed by atoms with van der Waals surface area (Å²) in [7, 11) is 0. The van der Waals surface area contributed by atoms with Crippen molar-refractivity contribution in [2.45, 2.75) is 19.3 Å². The molecule has 0 atom stereocenters. The molecule has 0 bridgehead atoms. The van der Waals surface area contributed by atoms with E-state index in [4.69, 9.17) is 9.52 Å². The zero-order valence-electron chi connectivity index (χ0n) is 9.77. The van der Waals surface area contributed by atoms with Gasteiger partial charge in [0, 0.05) is 12.0 Å². The van der Waals surface area contributed by atoms with Gasteiger partial charge < -0.3 is 9.52 Å². The summed E-state index contributed by atoms with van der Waals surface area (Å²) in [6.07, 6.45) is -0.226. The van der Waals surface area contributed by atoms with E-state index in [1.54, 1.807) is 0 Å². The smallest absolute Gasteiger partial charge is 0.303 e. The van der Waals surface area contributed by atoms with Crippen molar-refractivity contribution in [1.82, 2.24) is 10.2 Å². The molecule has 1 N–H and O–H groups in total. The fraction of sp³-hybridized carbons (Fsp3) is 0.250. The topological polar surface area (TPSA) is 76.2 Å². The lowest BCUT2D eigenvalue weighted by Gasteiger charge is -2.00. The first kappa shape index (κ1) is 13.1. The normalized spacial score (nSPS) is 10.6. The van der Waals surface area contributed by atoms with E-state index in [9.17, 15) is 13.6 Å². The van der Waals surface area contributed by atoms with Gasteiger partial charge in [0.1, 0.15) is 11.6 Å². The Bertz CT molecular complexity index is 578. The molecular weight excluding hydrogens is 258 g/mol. The Hall–Kier alpha value is -2.31. The summed E-state index contributed by atoms with van der Waals surface area (Å²) >= 11 is 0. The number of carboxylic acids is 1. The lowest BCUT2D eigenvalue weighted by Crippen LogP contribution is -1.97. The molecule has 19 heavy (non-hydrogen) atoms. The van der Waals surface area contributed by atoms with Gasteiger partial charge in [-0.3, -0.25) is 4.79 Å². The third-order valence-corrected chi connectivity index (χ3v) is 2.45. The molecule has 0 unspecified atom stereocenters. The van der Waals surface area contributed by atoms with Crippen molar-refractivity contribution in [1.29, 1.82) is 0 Å². The minimum Gasteiger partial charge on any atom is -0.481 e. The van der Waals surface area contributed by atoms with E-state index in [0.29, 0.717) is 0 Å². The zero-order chi connectivity index (χ0) is 13.8. The van der Waals surface area contributed by atoms with Crippen molar-refractivity contribution in [2.24, 2.45) is 0 Å². The highest BCUT2D eigenvalue weighted by molar-refractivity contribution is 5.66. The first-order chi connectivity index (χ1) is 9.06. The molecule has 0 aliphatic heterocycles. The van der Waals surface area contributed by atoms with Crippen LogP contribution in [0.5, 0.6) is 0 Å². The fourth-order valence-corrected chi connectivity index (χ4v) is 1.53. The maximum Gasteiger partial charge on any atom is 0.303 e. The Kier molecular flexibility index (Phi) is 3.84. The molecule has 0 aliphatic rings. The Balaban J connectivity index is 2.09. The summed E-state index contributed by atoms with van der Waals surface area (Å²) in [5.41, 5.74) is -0.157. The van der Waals surface area contributed by atoms with Gasteiger partial charge in [-0.05, 0) is 12.1 Å². The first-order valence-electron chi connectivity index (χ1n) is 5.52. The molecule has 2 rings (SSSR count). The number of carboxylic acid groups (broad SMARTS) is 1. The molecule has 0 saturated carbocycles. The van der Waals surface area contributed by atoms with Crippen LogP contribution in [0.1, 0.15) is 23.8 Å². The van der Waals surface area contributed by atoms with E-state index in [2.05, 4.69) is 10.2 Å². The molecule has 0 fully saturated rings. The molecule has 0 radical (unpaired) electrons. The van der Waals surface area contributed by atoms with Crippen LogP contribution in [0.2, 0.25) is 0 Å². The van der Waals surface area contributed by atoms with Gasteiger partial charge in [-0.2, -0.15) is 0 Å². The molecular formula is C12H10F2N2O3. The first-order valence-corrected chi connectivity index (χ1v) is 5.52. The predicted octanol–water partition coefficient (Wildman–Crippen LogP) is 1.96. The van der Waals surface area contributed by atoms with Crippen LogP contribution in [0.4, 0.5) is 8.78 Å². The molecule has 7 heteroatoms. The van der Waals surface area contributed by atoms with E-state index >= 15 is 0 Å². The van der Waals surface area contributed by atoms with Crippen LogP contribution in [0.25, 0.3) is 0 Å². The monoisotopic (exact) mass is 268 g/mol. The second kappa shape index (κ2) is 5.55. The SMILES string of the molecule is O=C(O)CCc1nnc(Cc2c(F)cccc2F)o1. The van der Waals surface area contributed by atoms with Gasteiger partial charge in [-0.1, -0.05) is 6.07 Å². The van der Waals surface area contributed by atoms with E-state index < -0.39 is 17.6 Å². The minimum absolute atomic E-state index is 0.0457. The Morgan fingerprint density at radius 1 is 1.21 bits per heavy atom. The van der Waals surface area contributed by atoms with Gasteiger partial charge >= 0.3 is 5.97 Å². The molecule has 100 valence electrons.